The van der Waals surface area contributed by atoms with Crippen LogP contribution in [-0.2, 0) is 0 Å². The van der Waals surface area contributed by atoms with Gasteiger partial charge in [-0.25, -0.2) is 0 Å². The molecule has 0 aliphatic heterocycles. The summed E-state index contributed by atoms with van der Waals surface area (Å²) in [4.78, 5) is 0. The lowest BCUT2D eigenvalue weighted by Gasteiger charge is -2.10. The molecule has 0 aliphatic rings. The van der Waals surface area contributed by atoms with E-state index < -0.39 is 0 Å². The molecule has 1 N–H and O–H groups in total. The van der Waals surface area contributed by atoms with Crippen molar-refractivity contribution in [1.29, 1.82) is 0 Å². The van der Waals surface area contributed by atoms with E-state index in [1.54, 1.807) is 0 Å². The minimum absolute atomic E-state index is 1.09. The van der Waals surface area contributed by atoms with E-state index in [1.165, 1.54) is 5.56 Å². The zero-order valence-corrected chi connectivity index (χ0v) is 11.2. The second kappa shape index (κ2) is 5.69. The van der Waals surface area contributed by atoms with Gasteiger partial charge in [-0.3, -0.25) is 0 Å². The van der Waals surface area contributed by atoms with E-state index in [0.717, 1.165) is 15.8 Å². The summed E-state index contributed by atoms with van der Waals surface area (Å²) in [6, 6.07) is 16.4. The Morgan fingerprint density at radius 3 is 2.53 bits per heavy atom. The highest BCUT2D eigenvalue weighted by Crippen LogP contribution is 2.25. The van der Waals surface area contributed by atoms with Crippen LogP contribution in [0.4, 0.5) is 11.4 Å². The molecule has 0 saturated heterocycles. The van der Waals surface area contributed by atoms with Gasteiger partial charge < -0.3 is 5.32 Å². The quantitative estimate of drug-likeness (QED) is 0.815. The van der Waals surface area contributed by atoms with Crippen molar-refractivity contribution in [3.05, 3.63) is 64.6 Å². The highest BCUT2D eigenvalue weighted by molar-refractivity contribution is 9.10. The van der Waals surface area contributed by atoms with Crippen LogP contribution in [0.3, 0.4) is 0 Å². The van der Waals surface area contributed by atoms with E-state index in [2.05, 4.69) is 51.6 Å². The predicted octanol–water partition coefficient (Wildman–Crippen LogP) is 5.23. The van der Waals surface area contributed by atoms with Crippen LogP contribution in [-0.4, -0.2) is 0 Å². The average molecular weight is 288 g/mol. The van der Waals surface area contributed by atoms with E-state index in [4.69, 9.17) is 0 Å². The molecule has 0 unspecified atom stereocenters. The summed E-state index contributed by atoms with van der Waals surface area (Å²) in [6.07, 6.45) is 4.13. The van der Waals surface area contributed by atoms with E-state index >= 15 is 0 Å². The second-order valence-corrected chi connectivity index (χ2v) is 4.64. The Kier molecular flexibility index (Phi) is 3.99. The molecule has 0 spiro atoms. The minimum Gasteiger partial charge on any atom is -0.355 e. The maximum absolute atomic E-state index is 3.49. The lowest BCUT2D eigenvalue weighted by molar-refractivity contribution is 1.51. The van der Waals surface area contributed by atoms with Crippen molar-refractivity contribution in [2.24, 2.45) is 0 Å². The highest BCUT2D eigenvalue weighted by atomic mass is 79.9. The molecular weight excluding hydrogens is 274 g/mol. The van der Waals surface area contributed by atoms with Crippen molar-refractivity contribution in [3.63, 3.8) is 0 Å². The molecule has 0 amide bonds. The Labute approximate surface area is 110 Å². The van der Waals surface area contributed by atoms with E-state index in [-0.39, 0.29) is 0 Å². The van der Waals surface area contributed by atoms with Crippen LogP contribution >= 0.6 is 15.9 Å². The van der Waals surface area contributed by atoms with Gasteiger partial charge in [0.1, 0.15) is 0 Å². The molecule has 2 aromatic rings. The molecule has 1 nitrogen and oxygen atoms in total. The zero-order valence-electron chi connectivity index (χ0n) is 9.65. The number of rotatable bonds is 3. The second-order valence-electron chi connectivity index (χ2n) is 3.72. The smallest absolute Gasteiger partial charge is 0.0458 e. The van der Waals surface area contributed by atoms with E-state index in [1.807, 2.05) is 37.3 Å². The molecule has 0 aromatic heterocycles. The van der Waals surface area contributed by atoms with E-state index in [9.17, 15) is 0 Å². The molecular formula is C15H14BrN. The summed E-state index contributed by atoms with van der Waals surface area (Å²) in [5.74, 6) is 0. The standard InChI is InChI=1S/C15H14BrN/c1-2-6-12-11-13(16)9-10-15(12)17-14-7-4-3-5-8-14/h2-11,17H,1H3/b6-2+. The van der Waals surface area contributed by atoms with Crippen molar-refractivity contribution in [2.45, 2.75) is 6.92 Å². The topological polar surface area (TPSA) is 12.0 Å². The maximum atomic E-state index is 3.49. The fourth-order valence-electron chi connectivity index (χ4n) is 1.64. The number of anilines is 2. The van der Waals surface area contributed by atoms with Crippen molar-refractivity contribution in [1.82, 2.24) is 0 Å². The van der Waals surface area contributed by atoms with Crippen LogP contribution in [0.25, 0.3) is 6.08 Å². The molecule has 2 rings (SSSR count). The molecule has 17 heavy (non-hydrogen) atoms. The number of nitrogens with one attached hydrogen (secondary N) is 1. The summed E-state index contributed by atoms with van der Waals surface area (Å²) < 4.78 is 1.09. The van der Waals surface area contributed by atoms with Gasteiger partial charge in [-0.15, -0.1) is 0 Å². The Morgan fingerprint density at radius 2 is 1.82 bits per heavy atom. The molecule has 0 aliphatic carbocycles. The largest absolute Gasteiger partial charge is 0.355 e. The summed E-state index contributed by atoms with van der Waals surface area (Å²) in [7, 11) is 0. The normalized spacial score (nSPS) is 10.7. The van der Waals surface area contributed by atoms with Gasteiger partial charge in [-0.05, 0) is 42.8 Å². The molecule has 2 aromatic carbocycles. The lowest BCUT2D eigenvalue weighted by Crippen LogP contribution is -1.92. The summed E-state index contributed by atoms with van der Waals surface area (Å²) in [6.45, 7) is 2.02. The van der Waals surface area contributed by atoms with Crippen LogP contribution in [0.1, 0.15) is 12.5 Å². The molecule has 0 fully saturated rings. The van der Waals surface area contributed by atoms with Crippen LogP contribution in [0, 0.1) is 0 Å². The number of halogens is 1. The number of allylic oxidation sites excluding steroid dienone is 1. The van der Waals surface area contributed by atoms with Gasteiger partial charge >= 0.3 is 0 Å². The SMILES string of the molecule is C/C=C/c1cc(Br)ccc1Nc1ccccc1. The van der Waals surface area contributed by atoms with E-state index in [0.29, 0.717) is 0 Å². The molecule has 0 bridgehead atoms. The first-order valence-electron chi connectivity index (χ1n) is 5.54. The fraction of sp³-hybridized carbons (Fsp3) is 0.0667. The van der Waals surface area contributed by atoms with Crippen LogP contribution < -0.4 is 5.32 Å². The van der Waals surface area contributed by atoms with Crippen LogP contribution in [0.15, 0.2) is 59.1 Å². The van der Waals surface area contributed by atoms with Gasteiger partial charge in [0.05, 0.1) is 0 Å². The molecule has 0 radical (unpaired) electrons. The van der Waals surface area contributed by atoms with Gasteiger partial charge in [0, 0.05) is 15.8 Å². The van der Waals surface area contributed by atoms with Crippen molar-refractivity contribution >= 4 is 33.4 Å². The van der Waals surface area contributed by atoms with Crippen LogP contribution in [0.5, 0.6) is 0 Å². The highest BCUT2D eigenvalue weighted by Gasteiger charge is 2.00. The number of benzene rings is 2. The van der Waals surface area contributed by atoms with Gasteiger partial charge in [-0.1, -0.05) is 46.3 Å². The third-order valence-electron chi connectivity index (χ3n) is 2.41. The third-order valence-corrected chi connectivity index (χ3v) is 2.91. The van der Waals surface area contributed by atoms with Gasteiger partial charge in [0.25, 0.3) is 0 Å². The van der Waals surface area contributed by atoms with Crippen LogP contribution in [0.2, 0.25) is 0 Å². The number of hydrogen-bond donors (Lipinski definition) is 1. The number of hydrogen-bond acceptors (Lipinski definition) is 1. The number of para-hydroxylation sites is 1. The predicted molar refractivity (Wildman–Crippen MR) is 78.6 cm³/mol. The molecule has 0 heterocycles. The van der Waals surface area contributed by atoms with Crippen molar-refractivity contribution in [3.8, 4) is 0 Å². The zero-order chi connectivity index (χ0) is 12.1. The Hall–Kier alpha value is -1.54. The first-order chi connectivity index (χ1) is 8.29. The Bertz CT molecular complexity index is 518. The molecule has 2 heteroatoms. The third kappa shape index (κ3) is 3.21. The van der Waals surface area contributed by atoms with Crippen molar-refractivity contribution < 1.29 is 0 Å². The lowest BCUT2D eigenvalue weighted by atomic mass is 10.1. The molecule has 0 saturated carbocycles. The summed E-state index contributed by atoms with van der Waals surface area (Å²) in [5.41, 5.74) is 3.38. The van der Waals surface area contributed by atoms with Gasteiger partial charge in [0.2, 0.25) is 0 Å². The average Bonchev–Trinajstić information content (AvgIpc) is 2.34. The first-order valence-corrected chi connectivity index (χ1v) is 6.33. The monoisotopic (exact) mass is 287 g/mol. The fourth-order valence-corrected chi connectivity index (χ4v) is 2.02. The summed E-state index contributed by atoms with van der Waals surface area (Å²) >= 11 is 3.49. The Morgan fingerprint density at radius 1 is 1.06 bits per heavy atom. The van der Waals surface area contributed by atoms with Gasteiger partial charge in [-0.2, -0.15) is 0 Å². The van der Waals surface area contributed by atoms with Crippen molar-refractivity contribution in [2.75, 3.05) is 5.32 Å². The molecule has 86 valence electrons. The minimum atomic E-state index is 1.09. The Balaban J connectivity index is 2.32. The first kappa shape index (κ1) is 11.9. The van der Waals surface area contributed by atoms with Gasteiger partial charge in [0.15, 0.2) is 0 Å². The maximum Gasteiger partial charge on any atom is 0.0458 e. The summed E-state index contributed by atoms with van der Waals surface area (Å²) in [5, 5.41) is 3.41. The molecule has 0 atom stereocenters.